The van der Waals surface area contributed by atoms with Gasteiger partial charge in [0.2, 0.25) is 5.91 Å². The van der Waals surface area contributed by atoms with E-state index in [2.05, 4.69) is 41.8 Å². The number of nitro groups is 1. The first-order chi connectivity index (χ1) is 14.5. The zero-order valence-electron chi connectivity index (χ0n) is 17.1. The molecule has 0 radical (unpaired) electrons. The van der Waals surface area contributed by atoms with E-state index < -0.39 is 4.92 Å². The van der Waals surface area contributed by atoms with E-state index in [4.69, 9.17) is 0 Å². The summed E-state index contributed by atoms with van der Waals surface area (Å²) in [5, 5.41) is 19.3. The second-order valence-electron chi connectivity index (χ2n) is 7.10. The van der Waals surface area contributed by atoms with Crippen LogP contribution in [0.3, 0.4) is 0 Å². The second-order valence-corrected chi connectivity index (χ2v) is 8.07. The van der Waals surface area contributed by atoms with Gasteiger partial charge in [-0.1, -0.05) is 55.8 Å². The highest BCUT2D eigenvalue weighted by Crippen LogP contribution is 2.28. The lowest BCUT2D eigenvalue weighted by Gasteiger charge is -2.19. The SMILES string of the molecule is CCCc1ccc([C@H](NCC(=O)Nc2c(C)cccc2[N+](=O)[O-])c2cccs2)cc1. The molecule has 0 unspecified atom stereocenters. The summed E-state index contributed by atoms with van der Waals surface area (Å²) in [6.45, 7) is 3.93. The molecule has 3 aromatic rings. The minimum Gasteiger partial charge on any atom is -0.319 e. The molecule has 30 heavy (non-hydrogen) atoms. The minimum atomic E-state index is -0.484. The quantitative estimate of drug-likeness (QED) is 0.364. The molecule has 3 rings (SSSR count). The van der Waals surface area contributed by atoms with E-state index in [1.54, 1.807) is 30.4 Å². The number of thiophene rings is 1. The molecule has 0 saturated heterocycles. The van der Waals surface area contributed by atoms with E-state index in [1.165, 1.54) is 11.6 Å². The van der Waals surface area contributed by atoms with Gasteiger partial charge in [-0.2, -0.15) is 0 Å². The number of anilines is 1. The summed E-state index contributed by atoms with van der Waals surface area (Å²) in [6.07, 6.45) is 2.13. The third kappa shape index (κ3) is 5.31. The zero-order valence-corrected chi connectivity index (χ0v) is 17.9. The fraction of sp³-hybridized carbons (Fsp3) is 0.261. The van der Waals surface area contributed by atoms with Gasteiger partial charge in [0, 0.05) is 10.9 Å². The average molecular weight is 424 g/mol. The Hall–Kier alpha value is -3.03. The number of hydrogen-bond donors (Lipinski definition) is 2. The van der Waals surface area contributed by atoms with E-state index in [0.29, 0.717) is 5.56 Å². The summed E-state index contributed by atoms with van der Waals surface area (Å²) in [4.78, 5) is 24.5. The van der Waals surface area contributed by atoms with Gasteiger partial charge in [-0.25, -0.2) is 0 Å². The highest BCUT2D eigenvalue weighted by molar-refractivity contribution is 7.10. The van der Waals surface area contributed by atoms with Gasteiger partial charge in [0.05, 0.1) is 17.5 Å². The normalized spacial score (nSPS) is 11.8. The third-order valence-electron chi connectivity index (χ3n) is 4.86. The molecular weight excluding hydrogens is 398 g/mol. The van der Waals surface area contributed by atoms with Gasteiger partial charge in [0.1, 0.15) is 5.69 Å². The van der Waals surface area contributed by atoms with Gasteiger partial charge in [-0.3, -0.25) is 20.2 Å². The maximum absolute atomic E-state index is 12.6. The van der Waals surface area contributed by atoms with Crippen molar-refractivity contribution in [1.82, 2.24) is 5.32 Å². The molecule has 0 spiro atoms. The fourth-order valence-electron chi connectivity index (χ4n) is 3.35. The molecule has 1 aromatic heterocycles. The number of carbonyl (C=O) groups excluding carboxylic acids is 1. The van der Waals surface area contributed by atoms with Crippen LogP contribution < -0.4 is 10.6 Å². The van der Waals surface area contributed by atoms with Crippen molar-refractivity contribution in [2.75, 3.05) is 11.9 Å². The maximum atomic E-state index is 12.6. The molecule has 0 bridgehead atoms. The Morgan fingerprint density at radius 1 is 1.13 bits per heavy atom. The summed E-state index contributed by atoms with van der Waals surface area (Å²) in [6, 6.07) is 17.1. The molecule has 156 valence electrons. The Bertz CT molecular complexity index is 1000. The van der Waals surface area contributed by atoms with Gasteiger partial charge in [0.15, 0.2) is 0 Å². The Balaban J connectivity index is 1.74. The lowest BCUT2D eigenvalue weighted by Crippen LogP contribution is -2.32. The van der Waals surface area contributed by atoms with Crippen LogP contribution in [-0.4, -0.2) is 17.4 Å². The van der Waals surface area contributed by atoms with Crippen LogP contribution in [0.1, 0.15) is 41.0 Å². The first-order valence-corrected chi connectivity index (χ1v) is 10.8. The largest absolute Gasteiger partial charge is 0.319 e. The number of carbonyl (C=O) groups is 1. The number of para-hydroxylation sites is 1. The van der Waals surface area contributed by atoms with Gasteiger partial charge in [-0.05, 0) is 41.5 Å². The van der Waals surface area contributed by atoms with E-state index in [0.717, 1.165) is 23.3 Å². The molecule has 0 aliphatic rings. The Morgan fingerprint density at radius 2 is 1.90 bits per heavy atom. The van der Waals surface area contributed by atoms with Crippen LogP contribution in [0.5, 0.6) is 0 Å². The highest BCUT2D eigenvalue weighted by Gasteiger charge is 2.20. The standard InChI is InChI=1S/C23H25N3O3S/c1-3-6-17-10-12-18(13-11-17)23(20-9-5-14-30-20)24-15-21(27)25-22-16(2)7-4-8-19(22)26(28)29/h4-5,7-14,23-24H,3,6,15H2,1-2H3,(H,25,27)/t23-/m0/s1. The van der Waals surface area contributed by atoms with Crippen molar-refractivity contribution in [2.45, 2.75) is 32.7 Å². The van der Waals surface area contributed by atoms with E-state index in [1.807, 2.05) is 17.5 Å². The number of nitrogens with one attached hydrogen (secondary N) is 2. The van der Waals surface area contributed by atoms with Crippen LogP contribution in [0.4, 0.5) is 11.4 Å². The monoisotopic (exact) mass is 423 g/mol. The predicted molar refractivity (Wildman–Crippen MR) is 121 cm³/mol. The first kappa shape index (κ1) is 21.7. The number of benzene rings is 2. The zero-order chi connectivity index (χ0) is 21.5. The molecule has 7 heteroatoms. The van der Waals surface area contributed by atoms with Crippen molar-refractivity contribution in [1.29, 1.82) is 0 Å². The van der Waals surface area contributed by atoms with Crippen LogP contribution >= 0.6 is 11.3 Å². The molecule has 2 aromatic carbocycles. The second kappa shape index (κ2) is 10.1. The lowest BCUT2D eigenvalue weighted by molar-refractivity contribution is -0.384. The average Bonchev–Trinajstić information content (AvgIpc) is 3.25. The number of hydrogen-bond acceptors (Lipinski definition) is 5. The summed E-state index contributed by atoms with van der Waals surface area (Å²) < 4.78 is 0. The smallest absolute Gasteiger partial charge is 0.293 e. The third-order valence-corrected chi connectivity index (χ3v) is 5.80. The van der Waals surface area contributed by atoms with E-state index in [-0.39, 0.29) is 29.9 Å². The van der Waals surface area contributed by atoms with Gasteiger partial charge >= 0.3 is 0 Å². The number of aryl methyl sites for hydroxylation is 2. The van der Waals surface area contributed by atoms with Crippen LogP contribution in [-0.2, 0) is 11.2 Å². The van der Waals surface area contributed by atoms with Gasteiger partial charge in [0.25, 0.3) is 5.69 Å². The van der Waals surface area contributed by atoms with Crippen LogP contribution in [0, 0.1) is 17.0 Å². The summed E-state index contributed by atoms with van der Waals surface area (Å²) in [7, 11) is 0. The van der Waals surface area contributed by atoms with Gasteiger partial charge in [-0.15, -0.1) is 11.3 Å². The van der Waals surface area contributed by atoms with Crippen LogP contribution in [0.2, 0.25) is 0 Å². The fourth-order valence-corrected chi connectivity index (χ4v) is 4.18. The molecule has 0 aliphatic heterocycles. The van der Waals surface area contributed by atoms with Crippen molar-refractivity contribution in [3.05, 3.63) is 91.7 Å². The summed E-state index contributed by atoms with van der Waals surface area (Å²) >= 11 is 1.62. The topological polar surface area (TPSA) is 84.3 Å². The molecule has 6 nitrogen and oxygen atoms in total. The van der Waals surface area contributed by atoms with Crippen molar-refractivity contribution in [3.63, 3.8) is 0 Å². The molecule has 0 fully saturated rings. The van der Waals surface area contributed by atoms with Crippen molar-refractivity contribution in [2.24, 2.45) is 0 Å². The number of nitro benzene ring substituents is 1. The molecule has 0 saturated carbocycles. The Morgan fingerprint density at radius 3 is 2.53 bits per heavy atom. The van der Waals surface area contributed by atoms with Crippen molar-refractivity contribution >= 4 is 28.6 Å². The molecule has 2 N–H and O–H groups in total. The Labute approximate surface area is 180 Å². The minimum absolute atomic E-state index is 0.0325. The number of nitrogens with zero attached hydrogens (tertiary/aromatic N) is 1. The molecule has 1 heterocycles. The molecule has 0 aliphatic carbocycles. The van der Waals surface area contributed by atoms with Crippen LogP contribution in [0.15, 0.2) is 60.0 Å². The van der Waals surface area contributed by atoms with E-state index in [9.17, 15) is 14.9 Å². The van der Waals surface area contributed by atoms with Crippen molar-refractivity contribution in [3.8, 4) is 0 Å². The maximum Gasteiger partial charge on any atom is 0.293 e. The first-order valence-electron chi connectivity index (χ1n) is 9.89. The Kier molecular flexibility index (Phi) is 7.32. The molecular formula is C23H25N3O3S. The highest BCUT2D eigenvalue weighted by atomic mass is 32.1. The van der Waals surface area contributed by atoms with Gasteiger partial charge < -0.3 is 5.32 Å². The number of amides is 1. The van der Waals surface area contributed by atoms with E-state index >= 15 is 0 Å². The summed E-state index contributed by atoms with van der Waals surface area (Å²) in [5.41, 5.74) is 3.15. The predicted octanol–water partition coefficient (Wildman–Crippen LogP) is 5.23. The van der Waals surface area contributed by atoms with Crippen molar-refractivity contribution < 1.29 is 9.72 Å². The molecule has 1 amide bonds. The molecule has 1 atom stereocenters. The van der Waals surface area contributed by atoms with Crippen LogP contribution in [0.25, 0.3) is 0 Å². The number of rotatable bonds is 9. The summed E-state index contributed by atoms with van der Waals surface area (Å²) in [5.74, 6) is -0.323. The lowest BCUT2D eigenvalue weighted by atomic mass is 10.0.